The standard InChI is InChI=1S/C28H26O5/c1-3-6-20-13-22-26(15-25(20)32-16-21-8-5-4-7-18(21)2)33-17-23(28(22)29)19-9-10-24-27(14-19)31-12-11-30-24/h4-5,7-10,13-15,17H,3,6,11-12,16H2,1-2H3. The van der Waals surface area contributed by atoms with Crippen molar-refractivity contribution in [2.75, 3.05) is 13.2 Å². The van der Waals surface area contributed by atoms with Crippen molar-refractivity contribution in [3.8, 4) is 28.4 Å². The second-order valence-corrected chi connectivity index (χ2v) is 8.26. The topological polar surface area (TPSA) is 57.9 Å². The van der Waals surface area contributed by atoms with Gasteiger partial charge in [-0.2, -0.15) is 0 Å². The van der Waals surface area contributed by atoms with E-state index in [0.29, 0.717) is 47.9 Å². The van der Waals surface area contributed by atoms with Crippen molar-refractivity contribution in [1.82, 2.24) is 0 Å². The van der Waals surface area contributed by atoms with E-state index < -0.39 is 0 Å². The molecular formula is C28H26O5. The lowest BCUT2D eigenvalue weighted by Gasteiger charge is -2.18. The van der Waals surface area contributed by atoms with Crippen molar-refractivity contribution in [2.24, 2.45) is 0 Å². The van der Waals surface area contributed by atoms with E-state index in [-0.39, 0.29) is 5.43 Å². The molecule has 168 valence electrons. The zero-order valence-electron chi connectivity index (χ0n) is 18.9. The molecule has 0 spiro atoms. The first kappa shape index (κ1) is 21.1. The molecule has 0 saturated heterocycles. The molecule has 0 radical (unpaired) electrons. The zero-order chi connectivity index (χ0) is 22.8. The molecule has 1 aliphatic rings. The molecule has 5 heteroatoms. The molecule has 0 amide bonds. The summed E-state index contributed by atoms with van der Waals surface area (Å²) in [5.74, 6) is 2.09. The van der Waals surface area contributed by atoms with Crippen LogP contribution in [0.15, 0.2) is 70.1 Å². The van der Waals surface area contributed by atoms with Crippen LogP contribution >= 0.6 is 0 Å². The van der Waals surface area contributed by atoms with Crippen LogP contribution in [0.2, 0.25) is 0 Å². The van der Waals surface area contributed by atoms with Gasteiger partial charge in [-0.05, 0) is 53.8 Å². The van der Waals surface area contributed by atoms with Crippen LogP contribution in [0.5, 0.6) is 17.2 Å². The van der Waals surface area contributed by atoms with Gasteiger partial charge >= 0.3 is 0 Å². The van der Waals surface area contributed by atoms with E-state index in [1.165, 1.54) is 11.8 Å². The second-order valence-electron chi connectivity index (χ2n) is 8.26. The van der Waals surface area contributed by atoms with Gasteiger partial charge in [0, 0.05) is 6.07 Å². The molecule has 0 saturated carbocycles. The van der Waals surface area contributed by atoms with Crippen molar-refractivity contribution in [1.29, 1.82) is 0 Å². The Morgan fingerprint density at radius 1 is 0.939 bits per heavy atom. The second kappa shape index (κ2) is 9.02. The summed E-state index contributed by atoms with van der Waals surface area (Å²) in [7, 11) is 0. The van der Waals surface area contributed by atoms with Crippen LogP contribution in [-0.2, 0) is 13.0 Å². The van der Waals surface area contributed by atoms with Crippen molar-refractivity contribution in [3.05, 3.63) is 87.8 Å². The molecule has 5 rings (SSSR count). The minimum Gasteiger partial charge on any atom is -0.488 e. The van der Waals surface area contributed by atoms with Crippen LogP contribution in [0.1, 0.15) is 30.0 Å². The quantitative estimate of drug-likeness (QED) is 0.363. The van der Waals surface area contributed by atoms with Gasteiger partial charge in [-0.15, -0.1) is 0 Å². The van der Waals surface area contributed by atoms with Crippen LogP contribution < -0.4 is 19.6 Å². The molecule has 0 fully saturated rings. The fourth-order valence-corrected chi connectivity index (χ4v) is 4.14. The monoisotopic (exact) mass is 442 g/mol. The van der Waals surface area contributed by atoms with Gasteiger partial charge in [-0.3, -0.25) is 4.79 Å². The minimum absolute atomic E-state index is 0.0734. The van der Waals surface area contributed by atoms with Crippen LogP contribution in [0.3, 0.4) is 0 Å². The summed E-state index contributed by atoms with van der Waals surface area (Å²) in [6.45, 7) is 5.68. The predicted octanol–water partition coefficient (Wildman–Crippen LogP) is 6.07. The SMILES string of the molecule is CCCc1cc2c(=O)c(-c3ccc4c(c3)OCCO4)coc2cc1OCc1ccccc1C. The average Bonchev–Trinajstić information content (AvgIpc) is 2.84. The van der Waals surface area contributed by atoms with E-state index in [2.05, 4.69) is 26.0 Å². The predicted molar refractivity (Wildman–Crippen MR) is 128 cm³/mol. The maximum atomic E-state index is 13.4. The van der Waals surface area contributed by atoms with E-state index >= 15 is 0 Å². The maximum absolute atomic E-state index is 13.4. The van der Waals surface area contributed by atoms with E-state index in [1.807, 2.05) is 42.5 Å². The highest BCUT2D eigenvalue weighted by Gasteiger charge is 2.17. The molecule has 0 atom stereocenters. The van der Waals surface area contributed by atoms with Crippen LogP contribution in [-0.4, -0.2) is 13.2 Å². The Labute approximate surface area is 192 Å². The third-order valence-electron chi connectivity index (χ3n) is 5.97. The number of benzene rings is 3. The van der Waals surface area contributed by atoms with E-state index in [0.717, 1.165) is 35.3 Å². The number of hydrogen-bond acceptors (Lipinski definition) is 5. The first-order chi connectivity index (χ1) is 16.1. The Morgan fingerprint density at radius 2 is 1.76 bits per heavy atom. The summed E-state index contributed by atoms with van der Waals surface area (Å²) in [5, 5.41) is 0.550. The molecule has 1 aromatic heterocycles. The van der Waals surface area contributed by atoms with Gasteiger partial charge in [0.25, 0.3) is 0 Å². The fourth-order valence-electron chi connectivity index (χ4n) is 4.14. The molecule has 4 aromatic rings. The lowest BCUT2D eigenvalue weighted by molar-refractivity contribution is 0.171. The number of hydrogen-bond donors (Lipinski definition) is 0. The van der Waals surface area contributed by atoms with Gasteiger partial charge in [0.05, 0.1) is 10.9 Å². The summed E-state index contributed by atoms with van der Waals surface area (Å²) < 4.78 is 23.4. The van der Waals surface area contributed by atoms with E-state index in [4.69, 9.17) is 18.6 Å². The smallest absolute Gasteiger partial charge is 0.200 e. The van der Waals surface area contributed by atoms with Gasteiger partial charge in [-0.1, -0.05) is 43.7 Å². The van der Waals surface area contributed by atoms with E-state index in [1.54, 1.807) is 0 Å². The lowest BCUT2D eigenvalue weighted by Crippen LogP contribution is -2.15. The highest BCUT2D eigenvalue weighted by atomic mass is 16.6. The summed E-state index contributed by atoms with van der Waals surface area (Å²) in [6.07, 6.45) is 3.27. The summed E-state index contributed by atoms with van der Waals surface area (Å²) in [4.78, 5) is 13.4. The fraction of sp³-hybridized carbons (Fsp3) is 0.250. The molecule has 0 N–H and O–H groups in total. The highest BCUT2D eigenvalue weighted by Crippen LogP contribution is 2.35. The van der Waals surface area contributed by atoms with Gasteiger partial charge in [-0.25, -0.2) is 0 Å². The molecule has 2 heterocycles. The summed E-state index contributed by atoms with van der Waals surface area (Å²) >= 11 is 0. The largest absolute Gasteiger partial charge is 0.488 e. The Morgan fingerprint density at radius 3 is 2.58 bits per heavy atom. The Balaban J connectivity index is 1.53. The normalized spacial score (nSPS) is 12.7. The average molecular weight is 443 g/mol. The molecule has 3 aromatic carbocycles. The van der Waals surface area contributed by atoms with Gasteiger partial charge < -0.3 is 18.6 Å². The third-order valence-corrected chi connectivity index (χ3v) is 5.97. The Kier molecular flexibility index (Phi) is 5.78. The first-order valence-corrected chi connectivity index (χ1v) is 11.3. The van der Waals surface area contributed by atoms with Crippen molar-refractivity contribution in [2.45, 2.75) is 33.3 Å². The molecule has 0 bridgehead atoms. The number of rotatable bonds is 6. The number of aryl methyl sites for hydroxylation is 2. The molecule has 1 aliphatic heterocycles. The summed E-state index contributed by atoms with van der Waals surface area (Å²) in [6, 6.07) is 17.5. The van der Waals surface area contributed by atoms with Gasteiger partial charge in [0.1, 0.15) is 37.4 Å². The summed E-state index contributed by atoms with van der Waals surface area (Å²) in [5.41, 5.74) is 5.01. The molecule has 5 nitrogen and oxygen atoms in total. The third kappa shape index (κ3) is 4.19. The first-order valence-electron chi connectivity index (χ1n) is 11.3. The molecule has 0 unspecified atom stereocenters. The Bertz CT molecular complexity index is 1370. The van der Waals surface area contributed by atoms with Crippen LogP contribution in [0, 0.1) is 6.92 Å². The zero-order valence-corrected chi connectivity index (χ0v) is 18.9. The lowest BCUT2D eigenvalue weighted by atomic mass is 10.0. The number of fused-ring (bicyclic) bond motifs is 2. The van der Waals surface area contributed by atoms with Crippen LogP contribution in [0.4, 0.5) is 0 Å². The van der Waals surface area contributed by atoms with Gasteiger partial charge in [0.15, 0.2) is 11.5 Å². The van der Waals surface area contributed by atoms with Crippen molar-refractivity contribution < 1.29 is 18.6 Å². The molecule has 0 aliphatic carbocycles. The van der Waals surface area contributed by atoms with Gasteiger partial charge in [0.2, 0.25) is 5.43 Å². The Hall–Kier alpha value is -3.73. The number of ether oxygens (including phenoxy) is 3. The van der Waals surface area contributed by atoms with Crippen LogP contribution in [0.25, 0.3) is 22.1 Å². The maximum Gasteiger partial charge on any atom is 0.200 e. The van der Waals surface area contributed by atoms with E-state index in [9.17, 15) is 4.79 Å². The molecule has 33 heavy (non-hydrogen) atoms. The molecular weight excluding hydrogens is 416 g/mol. The van der Waals surface area contributed by atoms with Crippen molar-refractivity contribution in [3.63, 3.8) is 0 Å². The van der Waals surface area contributed by atoms with Crippen molar-refractivity contribution >= 4 is 11.0 Å². The minimum atomic E-state index is -0.0734. The highest BCUT2D eigenvalue weighted by molar-refractivity contribution is 5.84.